The molecule has 1 N–H and O–H groups in total. The van der Waals surface area contributed by atoms with E-state index < -0.39 is 17.2 Å². The maximum absolute atomic E-state index is 13.2. The minimum atomic E-state index is -0.591. The van der Waals surface area contributed by atoms with Crippen molar-refractivity contribution < 1.29 is 9.53 Å². The number of carbonyl (C=O) groups is 1. The number of hydrogen-bond acceptors (Lipinski definition) is 6. The van der Waals surface area contributed by atoms with Crippen LogP contribution in [0.4, 0.5) is 5.69 Å². The summed E-state index contributed by atoms with van der Waals surface area (Å²) in [6.45, 7) is -0.226. The molecule has 0 atom stereocenters. The summed E-state index contributed by atoms with van der Waals surface area (Å²) in [5, 5.41) is 2.75. The Kier molecular flexibility index (Phi) is 5.57. The Morgan fingerprint density at radius 2 is 1.74 bits per heavy atom. The summed E-state index contributed by atoms with van der Waals surface area (Å²) in [5.41, 5.74) is 0.614. The van der Waals surface area contributed by atoms with Gasteiger partial charge in [-0.3, -0.25) is 23.7 Å². The van der Waals surface area contributed by atoms with Gasteiger partial charge >= 0.3 is 5.69 Å². The van der Waals surface area contributed by atoms with Crippen LogP contribution < -0.4 is 21.3 Å². The van der Waals surface area contributed by atoms with Crippen LogP contribution >= 0.6 is 0 Å². The number of ether oxygens (including phenoxy) is 1. The van der Waals surface area contributed by atoms with Crippen molar-refractivity contribution >= 4 is 22.6 Å². The second-order valence-corrected chi connectivity index (χ2v) is 6.76. The molecule has 1 amide bonds. The molecule has 0 unspecified atom stereocenters. The molecule has 0 radical (unpaired) electrons. The number of anilines is 1. The summed E-state index contributed by atoms with van der Waals surface area (Å²) >= 11 is 0. The first-order chi connectivity index (χ1) is 15.1. The standard InChI is InChI=1S/C22H19N5O4/c1-31-17-6-4-16(5-7-17)25-19(28)14-26-18-3-2-10-24-20(18)21(29)27(22(26)30)13-15-8-11-23-12-9-15/h2-12H,13-14H2,1H3,(H,25,28). The summed E-state index contributed by atoms with van der Waals surface area (Å²) in [5.74, 6) is 0.251. The van der Waals surface area contributed by atoms with Gasteiger partial charge in [0.1, 0.15) is 12.3 Å². The van der Waals surface area contributed by atoms with Gasteiger partial charge in [0.25, 0.3) is 5.56 Å². The van der Waals surface area contributed by atoms with Crippen LogP contribution in [0.1, 0.15) is 5.56 Å². The van der Waals surface area contributed by atoms with E-state index in [4.69, 9.17) is 4.74 Å². The Morgan fingerprint density at radius 1 is 1.00 bits per heavy atom. The molecule has 3 aromatic heterocycles. The van der Waals surface area contributed by atoms with Gasteiger partial charge in [0.05, 0.1) is 19.2 Å². The fraction of sp³-hybridized carbons (Fsp3) is 0.136. The highest BCUT2D eigenvalue weighted by Crippen LogP contribution is 2.15. The van der Waals surface area contributed by atoms with E-state index in [1.54, 1.807) is 68.0 Å². The first kappa shape index (κ1) is 20.0. The number of nitrogens with one attached hydrogen (secondary N) is 1. The van der Waals surface area contributed by atoms with Crippen molar-refractivity contribution in [1.82, 2.24) is 19.1 Å². The Hall–Kier alpha value is -4.27. The first-order valence-electron chi connectivity index (χ1n) is 9.48. The summed E-state index contributed by atoms with van der Waals surface area (Å²) < 4.78 is 7.43. The molecule has 0 fully saturated rings. The SMILES string of the molecule is COc1ccc(NC(=O)Cn2c(=O)n(Cc3ccncc3)c(=O)c3ncccc32)cc1. The van der Waals surface area contributed by atoms with Crippen LogP contribution in [0.3, 0.4) is 0 Å². The Labute approximate surface area is 176 Å². The fourth-order valence-corrected chi connectivity index (χ4v) is 3.22. The molecule has 0 aliphatic rings. The number of nitrogens with zero attached hydrogens (tertiary/aromatic N) is 4. The van der Waals surface area contributed by atoms with Gasteiger partial charge in [0.15, 0.2) is 5.52 Å². The number of fused-ring (bicyclic) bond motifs is 1. The number of hydrogen-bond donors (Lipinski definition) is 1. The van der Waals surface area contributed by atoms with Crippen LogP contribution in [0.5, 0.6) is 5.75 Å². The molecule has 0 bridgehead atoms. The molecule has 9 heteroatoms. The average Bonchev–Trinajstić information content (AvgIpc) is 2.80. The molecular weight excluding hydrogens is 398 g/mol. The Morgan fingerprint density at radius 3 is 2.45 bits per heavy atom. The van der Waals surface area contributed by atoms with E-state index >= 15 is 0 Å². The summed E-state index contributed by atoms with van der Waals surface area (Å²) in [6, 6.07) is 13.5. The van der Waals surface area contributed by atoms with Gasteiger partial charge < -0.3 is 10.1 Å². The molecule has 0 saturated heterocycles. The van der Waals surface area contributed by atoms with E-state index in [2.05, 4.69) is 15.3 Å². The first-order valence-corrected chi connectivity index (χ1v) is 9.48. The molecule has 0 saturated carbocycles. The molecule has 31 heavy (non-hydrogen) atoms. The van der Waals surface area contributed by atoms with Crippen LogP contribution in [0.15, 0.2) is 76.7 Å². The van der Waals surface area contributed by atoms with Crippen molar-refractivity contribution in [3.05, 3.63) is 93.5 Å². The van der Waals surface area contributed by atoms with E-state index in [0.717, 1.165) is 10.1 Å². The van der Waals surface area contributed by atoms with Crippen molar-refractivity contribution in [3.63, 3.8) is 0 Å². The van der Waals surface area contributed by atoms with Crippen molar-refractivity contribution in [2.75, 3.05) is 12.4 Å². The lowest BCUT2D eigenvalue weighted by Gasteiger charge is -2.14. The zero-order valence-corrected chi connectivity index (χ0v) is 16.7. The minimum Gasteiger partial charge on any atom is -0.497 e. The zero-order chi connectivity index (χ0) is 21.8. The number of benzene rings is 1. The average molecular weight is 417 g/mol. The van der Waals surface area contributed by atoms with Gasteiger partial charge in [0.2, 0.25) is 5.91 Å². The highest BCUT2D eigenvalue weighted by atomic mass is 16.5. The van der Waals surface area contributed by atoms with E-state index in [0.29, 0.717) is 17.0 Å². The van der Waals surface area contributed by atoms with Gasteiger partial charge in [-0.15, -0.1) is 0 Å². The van der Waals surface area contributed by atoms with E-state index in [9.17, 15) is 14.4 Å². The number of rotatable bonds is 6. The van der Waals surface area contributed by atoms with Crippen LogP contribution in [-0.4, -0.2) is 32.1 Å². The van der Waals surface area contributed by atoms with Gasteiger partial charge in [-0.1, -0.05) is 0 Å². The zero-order valence-electron chi connectivity index (χ0n) is 16.7. The Balaban J connectivity index is 1.71. The molecule has 4 aromatic rings. The van der Waals surface area contributed by atoms with Gasteiger partial charge in [-0.2, -0.15) is 0 Å². The lowest BCUT2D eigenvalue weighted by Crippen LogP contribution is -2.42. The number of amides is 1. The van der Waals surface area contributed by atoms with E-state index in [1.807, 2.05) is 0 Å². The van der Waals surface area contributed by atoms with Crippen molar-refractivity contribution in [3.8, 4) is 5.75 Å². The van der Waals surface area contributed by atoms with Crippen LogP contribution in [0, 0.1) is 0 Å². The van der Waals surface area contributed by atoms with Crippen molar-refractivity contribution in [1.29, 1.82) is 0 Å². The smallest absolute Gasteiger partial charge is 0.332 e. The highest BCUT2D eigenvalue weighted by Gasteiger charge is 2.16. The Bertz CT molecular complexity index is 1340. The van der Waals surface area contributed by atoms with Gasteiger partial charge in [0, 0.05) is 24.3 Å². The molecule has 3 heterocycles. The second kappa shape index (κ2) is 8.62. The summed E-state index contributed by atoms with van der Waals surface area (Å²) in [4.78, 5) is 46.8. The predicted molar refractivity (Wildman–Crippen MR) is 115 cm³/mol. The van der Waals surface area contributed by atoms with Crippen molar-refractivity contribution in [2.45, 2.75) is 13.1 Å². The minimum absolute atomic E-state index is 0.0484. The second-order valence-electron chi connectivity index (χ2n) is 6.76. The largest absolute Gasteiger partial charge is 0.497 e. The van der Waals surface area contributed by atoms with E-state index in [-0.39, 0.29) is 18.6 Å². The molecular formula is C22H19N5O4. The molecule has 0 aliphatic carbocycles. The maximum Gasteiger partial charge on any atom is 0.332 e. The van der Waals surface area contributed by atoms with Gasteiger partial charge in [-0.05, 0) is 54.1 Å². The van der Waals surface area contributed by atoms with E-state index in [1.165, 1.54) is 10.8 Å². The lowest BCUT2D eigenvalue weighted by atomic mass is 10.2. The van der Waals surface area contributed by atoms with Crippen molar-refractivity contribution in [2.24, 2.45) is 0 Å². The summed E-state index contributed by atoms with van der Waals surface area (Å²) in [7, 11) is 1.56. The molecule has 0 spiro atoms. The third-order valence-corrected chi connectivity index (χ3v) is 4.75. The molecule has 4 rings (SSSR count). The third-order valence-electron chi connectivity index (χ3n) is 4.75. The fourth-order valence-electron chi connectivity index (χ4n) is 3.22. The topological polar surface area (TPSA) is 108 Å². The number of aromatic nitrogens is 4. The number of methoxy groups -OCH3 is 1. The van der Waals surface area contributed by atoms with Crippen LogP contribution in [0.25, 0.3) is 11.0 Å². The molecule has 9 nitrogen and oxygen atoms in total. The monoisotopic (exact) mass is 417 g/mol. The quantitative estimate of drug-likeness (QED) is 0.511. The highest BCUT2D eigenvalue weighted by molar-refractivity contribution is 5.91. The van der Waals surface area contributed by atoms with Gasteiger partial charge in [-0.25, -0.2) is 9.78 Å². The molecule has 1 aromatic carbocycles. The number of carbonyl (C=O) groups excluding carboxylic acids is 1. The predicted octanol–water partition coefficient (Wildman–Crippen LogP) is 1.65. The summed E-state index contributed by atoms with van der Waals surface area (Å²) in [6.07, 6.45) is 4.65. The molecule has 0 aliphatic heterocycles. The van der Waals surface area contributed by atoms with Crippen LogP contribution in [0.2, 0.25) is 0 Å². The lowest BCUT2D eigenvalue weighted by molar-refractivity contribution is -0.116. The third kappa shape index (κ3) is 4.20. The number of pyridine rings is 2. The maximum atomic E-state index is 13.2. The van der Waals surface area contributed by atoms with Crippen LogP contribution in [-0.2, 0) is 17.9 Å². The molecule has 156 valence electrons. The normalized spacial score (nSPS) is 10.7.